The standard InChI is InChI=1S/C8H10N2/c1-10-8-5-3-2-4-7(8)6-9-10/h3-6,8H,2H2,1H3. The Morgan fingerprint density at radius 1 is 1.70 bits per heavy atom. The zero-order chi connectivity index (χ0) is 6.97. The van der Waals surface area contributed by atoms with Gasteiger partial charge in [-0.25, -0.2) is 0 Å². The predicted molar refractivity (Wildman–Crippen MR) is 41.9 cm³/mol. The van der Waals surface area contributed by atoms with Gasteiger partial charge in [-0.15, -0.1) is 0 Å². The van der Waals surface area contributed by atoms with E-state index in [0.717, 1.165) is 6.42 Å². The fraction of sp³-hybridized carbons (Fsp3) is 0.375. The monoisotopic (exact) mass is 134 g/mol. The van der Waals surface area contributed by atoms with Crippen LogP contribution in [0.15, 0.2) is 28.9 Å². The van der Waals surface area contributed by atoms with E-state index in [1.54, 1.807) is 0 Å². The number of hydrazone groups is 1. The predicted octanol–water partition coefficient (Wildman–Crippen LogP) is 1.17. The van der Waals surface area contributed by atoms with E-state index in [1.165, 1.54) is 5.57 Å². The van der Waals surface area contributed by atoms with E-state index >= 15 is 0 Å². The molecule has 1 unspecified atom stereocenters. The third-order valence-electron chi connectivity index (χ3n) is 1.94. The Labute approximate surface area is 60.5 Å². The molecule has 0 aromatic rings. The van der Waals surface area contributed by atoms with Crippen LogP contribution in [0, 0.1) is 0 Å². The topological polar surface area (TPSA) is 15.6 Å². The maximum atomic E-state index is 4.17. The summed E-state index contributed by atoms with van der Waals surface area (Å²) in [6, 6.07) is 0.425. The fourth-order valence-electron chi connectivity index (χ4n) is 1.34. The lowest BCUT2D eigenvalue weighted by Gasteiger charge is -2.17. The number of hydrogen-bond acceptors (Lipinski definition) is 2. The maximum Gasteiger partial charge on any atom is 0.0910 e. The van der Waals surface area contributed by atoms with E-state index in [1.807, 2.05) is 18.3 Å². The third kappa shape index (κ3) is 0.685. The highest BCUT2D eigenvalue weighted by molar-refractivity contribution is 5.83. The minimum Gasteiger partial charge on any atom is -0.289 e. The Kier molecular flexibility index (Phi) is 1.13. The van der Waals surface area contributed by atoms with Gasteiger partial charge in [0.15, 0.2) is 0 Å². The molecule has 0 aromatic carbocycles. The number of likely N-dealkylation sites (N-methyl/N-ethyl adjacent to an activating group) is 1. The first kappa shape index (κ1) is 5.71. The van der Waals surface area contributed by atoms with Gasteiger partial charge in [0.1, 0.15) is 0 Å². The van der Waals surface area contributed by atoms with Crippen molar-refractivity contribution in [3.05, 3.63) is 23.8 Å². The molecule has 10 heavy (non-hydrogen) atoms. The summed E-state index contributed by atoms with van der Waals surface area (Å²) in [7, 11) is 2.00. The van der Waals surface area contributed by atoms with Crippen molar-refractivity contribution in [2.24, 2.45) is 5.10 Å². The van der Waals surface area contributed by atoms with E-state index in [4.69, 9.17) is 0 Å². The molecule has 1 aliphatic carbocycles. The quantitative estimate of drug-likeness (QED) is 0.454. The highest BCUT2D eigenvalue weighted by Crippen LogP contribution is 2.19. The summed E-state index contributed by atoms with van der Waals surface area (Å²) in [5, 5.41) is 6.14. The number of allylic oxidation sites excluding steroid dienone is 2. The smallest absolute Gasteiger partial charge is 0.0910 e. The molecule has 2 nitrogen and oxygen atoms in total. The highest BCUT2D eigenvalue weighted by atomic mass is 15.5. The normalized spacial score (nSPS) is 28.7. The number of fused-ring (bicyclic) bond motifs is 1. The van der Waals surface area contributed by atoms with E-state index in [2.05, 4.69) is 23.3 Å². The Hall–Kier alpha value is -1.05. The number of hydrogen-bond donors (Lipinski definition) is 0. The molecule has 1 aliphatic heterocycles. The van der Waals surface area contributed by atoms with Crippen LogP contribution in [-0.4, -0.2) is 24.3 Å². The molecular weight excluding hydrogens is 124 g/mol. The first-order valence-electron chi connectivity index (χ1n) is 3.51. The zero-order valence-corrected chi connectivity index (χ0v) is 5.99. The van der Waals surface area contributed by atoms with Gasteiger partial charge in [-0.3, -0.25) is 5.01 Å². The van der Waals surface area contributed by atoms with Crippen molar-refractivity contribution in [1.82, 2.24) is 5.01 Å². The lowest BCUT2D eigenvalue weighted by Crippen LogP contribution is -2.22. The molecule has 0 fully saturated rings. The Balaban J connectivity index is 2.30. The molecule has 2 aliphatic rings. The van der Waals surface area contributed by atoms with Crippen molar-refractivity contribution in [3.63, 3.8) is 0 Å². The minimum absolute atomic E-state index is 0.425. The molecule has 0 bridgehead atoms. The Morgan fingerprint density at radius 3 is 3.40 bits per heavy atom. The second-order valence-corrected chi connectivity index (χ2v) is 2.63. The summed E-state index contributed by atoms with van der Waals surface area (Å²) in [4.78, 5) is 0. The Bertz CT molecular complexity index is 225. The van der Waals surface area contributed by atoms with Crippen LogP contribution in [0.2, 0.25) is 0 Å². The molecule has 0 N–H and O–H groups in total. The SMILES string of the molecule is CN1N=CC2=CCC=CC21. The van der Waals surface area contributed by atoms with Gasteiger partial charge in [0.25, 0.3) is 0 Å². The molecule has 0 saturated carbocycles. The molecule has 1 heterocycles. The second-order valence-electron chi connectivity index (χ2n) is 2.63. The lowest BCUT2D eigenvalue weighted by atomic mass is 10.0. The zero-order valence-electron chi connectivity index (χ0n) is 5.99. The van der Waals surface area contributed by atoms with E-state index in [0.29, 0.717) is 6.04 Å². The molecule has 1 atom stereocenters. The maximum absolute atomic E-state index is 4.17. The van der Waals surface area contributed by atoms with E-state index < -0.39 is 0 Å². The van der Waals surface area contributed by atoms with Crippen LogP contribution >= 0.6 is 0 Å². The molecule has 0 radical (unpaired) electrons. The van der Waals surface area contributed by atoms with Crippen LogP contribution in [0.3, 0.4) is 0 Å². The van der Waals surface area contributed by atoms with Gasteiger partial charge in [-0.1, -0.05) is 18.2 Å². The van der Waals surface area contributed by atoms with Crippen molar-refractivity contribution in [2.45, 2.75) is 12.5 Å². The van der Waals surface area contributed by atoms with Gasteiger partial charge in [0.05, 0.1) is 12.3 Å². The van der Waals surface area contributed by atoms with Crippen LogP contribution in [0.4, 0.5) is 0 Å². The molecule has 52 valence electrons. The van der Waals surface area contributed by atoms with Crippen molar-refractivity contribution in [1.29, 1.82) is 0 Å². The summed E-state index contributed by atoms with van der Waals surface area (Å²) in [5.74, 6) is 0. The highest BCUT2D eigenvalue weighted by Gasteiger charge is 2.20. The van der Waals surface area contributed by atoms with Crippen molar-refractivity contribution >= 4 is 6.21 Å². The van der Waals surface area contributed by atoms with Gasteiger partial charge in [-0.2, -0.15) is 5.10 Å². The fourth-order valence-corrected chi connectivity index (χ4v) is 1.34. The lowest BCUT2D eigenvalue weighted by molar-refractivity contribution is 0.350. The minimum atomic E-state index is 0.425. The number of nitrogens with zero attached hydrogens (tertiary/aromatic N) is 2. The molecular formula is C8H10N2. The van der Waals surface area contributed by atoms with Crippen LogP contribution in [0.25, 0.3) is 0 Å². The molecule has 2 heteroatoms. The molecule has 0 saturated heterocycles. The third-order valence-corrected chi connectivity index (χ3v) is 1.94. The summed E-state index contributed by atoms with van der Waals surface area (Å²) in [6.07, 6.45) is 9.60. The van der Waals surface area contributed by atoms with E-state index in [-0.39, 0.29) is 0 Å². The van der Waals surface area contributed by atoms with Crippen molar-refractivity contribution < 1.29 is 0 Å². The summed E-state index contributed by atoms with van der Waals surface area (Å²) >= 11 is 0. The average Bonchev–Trinajstić information content (AvgIpc) is 2.34. The van der Waals surface area contributed by atoms with Crippen molar-refractivity contribution in [2.75, 3.05) is 7.05 Å². The summed E-state index contributed by atoms with van der Waals surface area (Å²) < 4.78 is 0. The first-order valence-corrected chi connectivity index (χ1v) is 3.51. The van der Waals surface area contributed by atoms with Crippen LogP contribution < -0.4 is 0 Å². The summed E-state index contributed by atoms with van der Waals surface area (Å²) in [5.41, 5.74) is 1.34. The molecule has 0 spiro atoms. The van der Waals surface area contributed by atoms with Gasteiger partial charge in [0, 0.05) is 7.05 Å². The Morgan fingerprint density at radius 2 is 2.60 bits per heavy atom. The van der Waals surface area contributed by atoms with Crippen LogP contribution in [0.1, 0.15) is 6.42 Å². The second kappa shape index (κ2) is 1.97. The molecule has 0 amide bonds. The van der Waals surface area contributed by atoms with Crippen molar-refractivity contribution in [3.8, 4) is 0 Å². The van der Waals surface area contributed by atoms with Gasteiger partial charge >= 0.3 is 0 Å². The number of rotatable bonds is 0. The first-order chi connectivity index (χ1) is 4.88. The van der Waals surface area contributed by atoms with Crippen LogP contribution in [0.5, 0.6) is 0 Å². The van der Waals surface area contributed by atoms with Gasteiger partial charge in [0.2, 0.25) is 0 Å². The largest absolute Gasteiger partial charge is 0.289 e. The van der Waals surface area contributed by atoms with Crippen LogP contribution in [-0.2, 0) is 0 Å². The van der Waals surface area contributed by atoms with E-state index in [9.17, 15) is 0 Å². The molecule has 2 rings (SSSR count). The average molecular weight is 134 g/mol. The molecule has 0 aromatic heterocycles. The summed E-state index contributed by atoms with van der Waals surface area (Å²) in [6.45, 7) is 0. The van der Waals surface area contributed by atoms with Gasteiger partial charge < -0.3 is 0 Å². The van der Waals surface area contributed by atoms with Gasteiger partial charge in [-0.05, 0) is 12.0 Å².